The molecule has 0 heterocycles. The quantitative estimate of drug-likeness (QED) is 0.437. The molecular weight excluding hydrogens is 134 g/mol. The van der Waals surface area contributed by atoms with E-state index in [1.54, 1.807) is 0 Å². The van der Waals surface area contributed by atoms with Crippen molar-refractivity contribution in [3.05, 3.63) is 12.7 Å². The van der Waals surface area contributed by atoms with Gasteiger partial charge in [-0.3, -0.25) is 9.68 Å². The van der Waals surface area contributed by atoms with Crippen LogP contribution in [0.15, 0.2) is 12.7 Å². The van der Waals surface area contributed by atoms with E-state index < -0.39 is 6.10 Å². The van der Waals surface area contributed by atoms with Crippen LogP contribution in [0, 0.1) is 0 Å². The Labute approximate surface area is 60.6 Å². The lowest BCUT2D eigenvalue weighted by molar-refractivity contribution is -0.347. The first-order chi connectivity index (χ1) is 4.74. The van der Waals surface area contributed by atoms with Crippen molar-refractivity contribution in [2.75, 3.05) is 20.8 Å². The molecule has 0 rings (SSSR count). The first kappa shape index (κ1) is 9.58. The summed E-state index contributed by atoms with van der Waals surface area (Å²) in [6.07, 6.45) is 0.783. The smallest absolute Gasteiger partial charge is 0.0893 e. The molecule has 0 aliphatic heterocycles. The summed E-state index contributed by atoms with van der Waals surface area (Å²) < 4.78 is 0. The zero-order chi connectivity index (χ0) is 7.98. The van der Waals surface area contributed by atoms with Crippen molar-refractivity contribution in [1.82, 2.24) is 5.23 Å². The Balaban J connectivity index is 3.51. The Morgan fingerprint density at radius 3 is 2.40 bits per heavy atom. The Morgan fingerprint density at radius 1 is 1.60 bits per heavy atom. The molecule has 10 heavy (non-hydrogen) atoms. The van der Waals surface area contributed by atoms with Crippen molar-refractivity contribution in [3.8, 4) is 0 Å². The first-order valence-electron chi connectivity index (χ1n) is 2.91. The summed E-state index contributed by atoms with van der Waals surface area (Å²) in [5, 5.41) is 10.1. The second-order valence-corrected chi connectivity index (χ2v) is 1.68. The molecule has 4 nitrogen and oxygen atoms in total. The van der Waals surface area contributed by atoms with Gasteiger partial charge in [-0.15, -0.1) is 6.58 Å². The van der Waals surface area contributed by atoms with E-state index in [0.717, 1.165) is 5.23 Å². The number of hydrogen-bond acceptors (Lipinski definition) is 4. The molecule has 0 aromatic rings. The molecule has 4 heteroatoms. The summed E-state index contributed by atoms with van der Waals surface area (Å²) in [6.45, 7) is 3.65. The van der Waals surface area contributed by atoms with E-state index in [9.17, 15) is 0 Å². The van der Waals surface area contributed by atoms with Gasteiger partial charge in [-0.1, -0.05) is 11.3 Å². The number of hydroxylamine groups is 2. The molecule has 1 unspecified atom stereocenters. The van der Waals surface area contributed by atoms with Gasteiger partial charge in [0.05, 0.1) is 26.9 Å². The zero-order valence-corrected chi connectivity index (χ0v) is 6.28. The highest BCUT2D eigenvalue weighted by atomic mass is 16.9. The topological polar surface area (TPSA) is 41.9 Å². The normalized spacial score (nSPS) is 13.6. The lowest BCUT2D eigenvalue weighted by Gasteiger charge is -2.17. The van der Waals surface area contributed by atoms with E-state index >= 15 is 0 Å². The lowest BCUT2D eigenvalue weighted by Crippen LogP contribution is -2.29. The minimum atomic E-state index is -0.625. The van der Waals surface area contributed by atoms with Crippen LogP contribution in [0.3, 0.4) is 0 Å². The predicted molar refractivity (Wildman–Crippen MR) is 36.9 cm³/mol. The third-order valence-corrected chi connectivity index (χ3v) is 1.02. The standard InChI is InChI=1S/C6H13NO3/c1-4-6(8)5-7(9-2)10-3/h4,6,8H,1,5H2,2-3H3. The number of aliphatic hydroxyl groups is 1. The van der Waals surface area contributed by atoms with Gasteiger partial charge in [-0.25, -0.2) is 0 Å². The fourth-order valence-corrected chi connectivity index (χ4v) is 0.451. The molecule has 0 fully saturated rings. The molecule has 0 spiro atoms. The Morgan fingerprint density at radius 2 is 2.10 bits per heavy atom. The van der Waals surface area contributed by atoms with Crippen molar-refractivity contribution in [3.63, 3.8) is 0 Å². The van der Waals surface area contributed by atoms with Crippen LogP contribution in [0.1, 0.15) is 0 Å². The number of nitrogens with zero attached hydrogens (tertiary/aromatic N) is 1. The van der Waals surface area contributed by atoms with Crippen LogP contribution in [0.25, 0.3) is 0 Å². The molecule has 0 radical (unpaired) electrons. The van der Waals surface area contributed by atoms with Crippen LogP contribution in [0.2, 0.25) is 0 Å². The van der Waals surface area contributed by atoms with E-state index in [4.69, 9.17) is 5.11 Å². The Hall–Kier alpha value is -0.420. The second-order valence-electron chi connectivity index (χ2n) is 1.68. The lowest BCUT2D eigenvalue weighted by atomic mass is 10.4. The van der Waals surface area contributed by atoms with Crippen LogP contribution >= 0.6 is 0 Å². The minimum Gasteiger partial charge on any atom is -0.388 e. The van der Waals surface area contributed by atoms with Gasteiger partial charge in [0.2, 0.25) is 0 Å². The van der Waals surface area contributed by atoms with E-state index in [1.165, 1.54) is 20.3 Å². The van der Waals surface area contributed by atoms with Crippen LogP contribution in [-0.2, 0) is 9.68 Å². The fraction of sp³-hybridized carbons (Fsp3) is 0.667. The van der Waals surface area contributed by atoms with Gasteiger partial charge in [-0.2, -0.15) is 0 Å². The predicted octanol–water partition coefficient (Wildman–Crippen LogP) is -0.0419. The van der Waals surface area contributed by atoms with Crippen LogP contribution < -0.4 is 0 Å². The molecular formula is C6H13NO3. The maximum absolute atomic E-state index is 8.97. The summed E-state index contributed by atoms with van der Waals surface area (Å²) >= 11 is 0. The molecule has 1 atom stereocenters. The van der Waals surface area contributed by atoms with Crippen LogP contribution in [0.5, 0.6) is 0 Å². The second kappa shape index (κ2) is 5.37. The van der Waals surface area contributed by atoms with Gasteiger partial charge in [0.15, 0.2) is 0 Å². The van der Waals surface area contributed by atoms with Gasteiger partial charge in [0.25, 0.3) is 0 Å². The van der Waals surface area contributed by atoms with Gasteiger partial charge >= 0.3 is 0 Å². The SMILES string of the molecule is C=CC(O)CN(OC)OC. The third kappa shape index (κ3) is 3.58. The zero-order valence-electron chi connectivity index (χ0n) is 6.28. The summed E-state index contributed by atoms with van der Waals surface area (Å²) in [4.78, 5) is 9.35. The van der Waals surface area contributed by atoms with E-state index in [1.807, 2.05) is 0 Å². The number of aliphatic hydroxyl groups excluding tert-OH is 1. The van der Waals surface area contributed by atoms with Gasteiger partial charge in [0.1, 0.15) is 0 Å². The van der Waals surface area contributed by atoms with Crippen molar-refractivity contribution in [2.24, 2.45) is 0 Å². The summed E-state index contributed by atoms with van der Waals surface area (Å²) in [6, 6.07) is 0. The number of rotatable bonds is 5. The molecule has 0 aliphatic rings. The van der Waals surface area contributed by atoms with Crippen molar-refractivity contribution in [1.29, 1.82) is 0 Å². The average Bonchev–Trinajstić information content (AvgIpc) is 1.99. The summed E-state index contributed by atoms with van der Waals surface area (Å²) in [5.41, 5.74) is 0. The maximum Gasteiger partial charge on any atom is 0.0893 e. The van der Waals surface area contributed by atoms with Crippen LogP contribution in [-0.4, -0.2) is 37.2 Å². The minimum absolute atomic E-state index is 0.260. The van der Waals surface area contributed by atoms with Crippen molar-refractivity contribution in [2.45, 2.75) is 6.10 Å². The van der Waals surface area contributed by atoms with Gasteiger partial charge in [0, 0.05) is 0 Å². The molecule has 0 saturated carbocycles. The fourth-order valence-electron chi connectivity index (χ4n) is 0.451. The summed E-state index contributed by atoms with van der Waals surface area (Å²) in [5.74, 6) is 0. The van der Waals surface area contributed by atoms with E-state index in [2.05, 4.69) is 16.3 Å². The molecule has 0 amide bonds. The van der Waals surface area contributed by atoms with Gasteiger partial charge in [-0.05, 0) is 0 Å². The molecule has 0 aromatic carbocycles. The highest BCUT2D eigenvalue weighted by Crippen LogP contribution is 1.92. The highest BCUT2D eigenvalue weighted by molar-refractivity contribution is 4.78. The number of hydrogen-bond donors (Lipinski definition) is 1. The van der Waals surface area contributed by atoms with E-state index in [-0.39, 0.29) is 6.54 Å². The van der Waals surface area contributed by atoms with Crippen molar-refractivity contribution >= 4 is 0 Å². The van der Waals surface area contributed by atoms with Gasteiger partial charge < -0.3 is 5.11 Å². The molecule has 0 saturated heterocycles. The molecule has 0 bridgehead atoms. The molecule has 0 aromatic heterocycles. The maximum atomic E-state index is 8.97. The Bertz CT molecular complexity index is 93.0. The first-order valence-corrected chi connectivity index (χ1v) is 2.91. The van der Waals surface area contributed by atoms with Crippen LogP contribution in [0.4, 0.5) is 0 Å². The highest BCUT2D eigenvalue weighted by Gasteiger charge is 2.05. The largest absolute Gasteiger partial charge is 0.388 e. The van der Waals surface area contributed by atoms with E-state index in [0.29, 0.717) is 0 Å². The van der Waals surface area contributed by atoms with Crippen molar-refractivity contribution < 1.29 is 14.8 Å². The monoisotopic (exact) mass is 147 g/mol. The Kier molecular flexibility index (Phi) is 5.15. The average molecular weight is 147 g/mol. The molecule has 0 aliphatic carbocycles. The molecule has 60 valence electrons. The summed E-state index contributed by atoms with van der Waals surface area (Å²) in [7, 11) is 2.92. The molecule has 1 N–H and O–H groups in total. The third-order valence-electron chi connectivity index (χ3n) is 1.02.